The standard InChI is InChI=1S/C20H16ClFN4O2S/c1-3-15(27)25-14-10-5-4-7-11(14)17-18(28)23-20(29-2)24-26(17)19(25)16-12(21)8-6-9-13(16)22/h4-10,19H,3H2,1-2H3/p+1/t19-/m1/s1. The molecule has 9 heteroatoms. The quantitative estimate of drug-likeness (QED) is 0.508. The summed E-state index contributed by atoms with van der Waals surface area (Å²) in [5.74, 6) is -0.824. The summed E-state index contributed by atoms with van der Waals surface area (Å²) in [6.45, 7) is 1.73. The number of nitrogens with zero attached hydrogens (tertiary/aromatic N) is 3. The highest BCUT2D eigenvalue weighted by Gasteiger charge is 2.47. The predicted molar refractivity (Wildman–Crippen MR) is 110 cm³/mol. The summed E-state index contributed by atoms with van der Waals surface area (Å²) in [6.07, 6.45) is 0.919. The van der Waals surface area contributed by atoms with Crippen LogP contribution in [0.1, 0.15) is 25.1 Å². The van der Waals surface area contributed by atoms with Gasteiger partial charge in [0, 0.05) is 11.5 Å². The molecule has 0 fully saturated rings. The van der Waals surface area contributed by atoms with Crippen molar-refractivity contribution < 1.29 is 13.9 Å². The number of fused-ring (bicyclic) bond motifs is 3. The Morgan fingerprint density at radius 3 is 2.76 bits per heavy atom. The second-order valence-electron chi connectivity index (χ2n) is 6.40. The number of para-hydroxylation sites is 1. The fourth-order valence-corrected chi connectivity index (χ4v) is 4.15. The van der Waals surface area contributed by atoms with Gasteiger partial charge in [0.2, 0.25) is 11.1 Å². The molecule has 4 rings (SSSR count). The van der Waals surface area contributed by atoms with Crippen molar-refractivity contribution in [2.75, 3.05) is 11.2 Å². The van der Waals surface area contributed by atoms with Gasteiger partial charge in [0.05, 0.1) is 21.8 Å². The zero-order valence-electron chi connectivity index (χ0n) is 15.6. The number of hydrogen-bond acceptors (Lipinski definition) is 4. The maximum atomic E-state index is 15.0. The van der Waals surface area contributed by atoms with Gasteiger partial charge in [-0.25, -0.2) is 9.29 Å². The molecule has 29 heavy (non-hydrogen) atoms. The first-order valence-corrected chi connectivity index (χ1v) is 10.5. The number of nitrogens with one attached hydrogen (secondary N) is 1. The Kier molecular flexibility index (Phi) is 5.14. The van der Waals surface area contributed by atoms with E-state index in [-0.39, 0.29) is 34.2 Å². The minimum atomic E-state index is -1.03. The number of benzene rings is 2. The minimum absolute atomic E-state index is 0.0851. The van der Waals surface area contributed by atoms with Crippen molar-refractivity contribution in [1.82, 2.24) is 10.1 Å². The van der Waals surface area contributed by atoms with Crippen LogP contribution in [0.4, 0.5) is 10.1 Å². The van der Waals surface area contributed by atoms with Crippen molar-refractivity contribution in [1.29, 1.82) is 0 Å². The van der Waals surface area contributed by atoms with Crippen LogP contribution in [-0.4, -0.2) is 22.2 Å². The third kappa shape index (κ3) is 3.12. The van der Waals surface area contributed by atoms with E-state index in [1.807, 2.05) is 0 Å². The first kappa shape index (κ1) is 19.6. The van der Waals surface area contributed by atoms with E-state index in [4.69, 9.17) is 11.6 Å². The van der Waals surface area contributed by atoms with Crippen molar-refractivity contribution >= 4 is 35.0 Å². The van der Waals surface area contributed by atoms with E-state index in [2.05, 4.69) is 10.1 Å². The molecule has 0 radical (unpaired) electrons. The van der Waals surface area contributed by atoms with Gasteiger partial charge in [-0.15, -0.1) is 0 Å². The number of carbonyl (C=O) groups is 1. The average molecular weight is 432 g/mol. The Hall–Kier alpha value is -2.71. The van der Waals surface area contributed by atoms with Gasteiger partial charge in [-0.2, -0.15) is 0 Å². The summed E-state index contributed by atoms with van der Waals surface area (Å²) in [6, 6.07) is 11.3. The van der Waals surface area contributed by atoms with Gasteiger partial charge in [0.1, 0.15) is 5.82 Å². The minimum Gasteiger partial charge on any atom is -0.291 e. The predicted octanol–water partition coefficient (Wildman–Crippen LogP) is 3.54. The van der Waals surface area contributed by atoms with E-state index in [0.717, 1.165) is 0 Å². The van der Waals surface area contributed by atoms with Gasteiger partial charge in [-0.1, -0.05) is 48.5 Å². The molecule has 148 valence electrons. The number of H-pyrrole nitrogens is 1. The molecule has 0 bridgehead atoms. The Balaban J connectivity index is 2.15. The van der Waals surface area contributed by atoms with Crippen LogP contribution in [-0.2, 0) is 4.79 Å². The largest absolute Gasteiger partial charge is 0.325 e. The zero-order valence-corrected chi connectivity index (χ0v) is 17.2. The van der Waals surface area contributed by atoms with E-state index in [9.17, 15) is 14.0 Å². The first-order valence-electron chi connectivity index (χ1n) is 8.93. The molecule has 0 saturated carbocycles. The number of thioether (sulfide) groups is 1. The van der Waals surface area contributed by atoms with Crippen LogP contribution in [0.2, 0.25) is 5.02 Å². The van der Waals surface area contributed by atoms with Gasteiger partial charge in [0.25, 0.3) is 6.17 Å². The average Bonchev–Trinajstić information content (AvgIpc) is 2.72. The Bertz CT molecular complexity index is 1160. The lowest BCUT2D eigenvalue weighted by molar-refractivity contribution is -0.763. The monoisotopic (exact) mass is 431 g/mol. The first-order chi connectivity index (χ1) is 14.0. The second kappa shape index (κ2) is 7.61. The highest BCUT2D eigenvalue weighted by atomic mass is 35.5. The highest BCUT2D eigenvalue weighted by molar-refractivity contribution is 7.98. The molecule has 1 aliphatic heterocycles. The lowest BCUT2D eigenvalue weighted by atomic mass is 10.0. The summed E-state index contributed by atoms with van der Waals surface area (Å²) < 4.78 is 16.4. The van der Waals surface area contributed by atoms with E-state index in [0.29, 0.717) is 16.4 Å². The van der Waals surface area contributed by atoms with E-state index >= 15 is 0 Å². The molecule has 1 N–H and O–H groups in total. The van der Waals surface area contributed by atoms with E-state index in [1.165, 1.54) is 33.5 Å². The number of hydrogen-bond donors (Lipinski definition) is 1. The van der Waals surface area contributed by atoms with Crippen LogP contribution >= 0.6 is 23.4 Å². The van der Waals surface area contributed by atoms with E-state index in [1.54, 1.807) is 43.5 Å². The third-order valence-electron chi connectivity index (χ3n) is 4.78. The molecule has 6 nitrogen and oxygen atoms in total. The molecule has 0 aliphatic carbocycles. The van der Waals surface area contributed by atoms with Crippen molar-refractivity contribution in [3.63, 3.8) is 0 Å². The Morgan fingerprint density at radius 2 is 2.07 bits per heavy atom. The Morgan fingerprint density at radius 1 is 1.31 bits per heavy atom. The fraction of sp³-hybridized carbons (Fsp3) is 0.200. The number of halogens is 2. The van der Waals surface area contributed by atoms with Crippen LogP contribution in [0.15, 0.2) is 52.4 Å². The number of aromatic amines is 1. The van der Waals surface area contributed by atoms with Gasteiger partial charge < -0.3 is 0 Å². The summed E-state index contributed by atoms with van der Waals surface area (Å²) in [5.41, 5.74) is 0.995. The molecule has 1 amide bonds. The second-order valence-corrected chi connectivity index (χ2v) is 7.60. The molecular weight excluding hydrogens is 415 g/mol. The third-order valence-corrected chi connectivity index (χ3v) is 5.68. The van der Waals surface area contributed by atoms with Crippen LogP contribution in [0.3, 0.4) is 0 Å². The summed E-state index contributed by atoms with van der Waals surface area (Å²) in [4.78, 5) is 30.1. The Labute approximate surface area is 175 Å². The molecule has 1 atom stereocenters. The zero-order chi connectivity index (χ0) is 20.7. The molecular formula is C20H17ClFN4O2S+. The molecule has 3 aromatic rings. The summed E-state index contributed by atoms with van der Waals surface area (Å²) in [7, 11) is 0. The van der Waals surface area contributed by atoms with Crippen LogP contribution in [0, 0.1) is 5.82 Å². The molecule has 2 heterocycles. The van der Waals surface area contributed by atoms with Crippen LogP contribution in [0.25, 0.3) is 11.3 Å². The van der Waals surface area contributed by atoms with Crippen LogP contribution in [0.5, 0.6) is 0 Å². The molecule has 2 aromatic carbocycles. The van der Waals surface area contributed by atoms with Gasteiger partial charge in [-0.3, -0.25) is 14.6 Å². The van der Waals surface area contributed by atoms with Crippen molar-refractivity contribution in [2.24, 2.45) is 0 Å². The summed E-state index contributed by atoms with van der Waals surface area (Å²) in [5, 5.41) is 5.00. The van der Waals surface area contributed by atoms with Gasteiger partial charge in [-0.05, 0) is 35.2 Å². The normalized spacial score (nSPS) is 15.0. The smallest absolute Gasteiger partial charge is 0.291 e. The van der Waals surface area contributed by atoms with Crippen LogP contribution < -0.4 is 15.1 Å². The van der Waals surface area contributed by atoms with Gasteiger partial charge >= 0.3 is 11.3 Å². The van der Waals surface area contributed by atoms with Gasteiger partial charge in [0.15, 0.2) is 0 Å². The molecule has 0 spiro atoms. The van der Waals surface area contributed by atoms with Crippen molar-refractivity contribution in [2.45, 2.75) is 24.7 Å². The lowest BCUT2D eigenvalue weighted by Crippen LogP contribution is -2.61. The number of amides is 1. The highest BCUT2D eigenvalue weighted by Crippen LogP contribution is 2.39. The number of carbonyl (C=O) groups excluding carboxylic acids is 1. The molecule has 0 saturated heterocycles. The fourth-order valence-electron chi connectivity index (χ4n) is 3.52. The van der Waals surface area contributed by atoms with Crippen molar-refractivity contribution in [3.8, 4) is 11.3 Å². The SMILES string of the molecule is CCC(=O)N1c2ccccc2-c2c(=O)[nH]c(SC)n[n+]2[C@@H]1c1c(F)cccc1Cl. The number of anilines is 1. The topological polar surface area (TPSA) is 69.9 Å². The number of aromatic nitrogens is 3. The van der Waals surface area contributed by atoms with Crippen molar-refractivity contribution in [3.05, 3.63) is 69.2 Å². The molecule has 0 unspecified atom stereocenters. The lowest BCUT2D eigenvalue weighted by Gasteiger charge is -2.32. The maximum absolute atomic E-state index is 15.0. The molecule has 1 aliphatic rings. The maximum Gasteiger partial charge on any atom is 0.325 e. The number of rotatable bonds is 3. The molecule has 1 aromatic heterocycles. The summed E-state index contributed by atoms with van der Waals surface area (Å²) >= 11 is 7.61. The van der Waals surface area contributed by atoms with E-state index < -0.39 is 12.0 Å².